The number of carbonyl (C=O) groups is 3. The van der Waals surface area contributed by atoms with Crippen LogP contribution in [0.4, 0.5) is 0 Å². The van der Waals surface area contributed by atoms with Gasteiger partial charge in [0.15, 0.2) is 6.10 Å². The molecule has 402 valence electrons. The molecule has 0 radical (unpaired) electrons. The minimum absolute atomic E-state index is 0.109. The zero-order valence-electron chi connectivity index (χ0n) is 45.9. The van der Waals surface area contributed by atoms with Gasteiger partial charge in [0.1, 0.15) is 13.2 Å². The highest BCUT2D eigenvalue weighted by atomic mass is 16.6. The number of hydrogen-bond acceptors (Lipinski definition) is 6. The minimum Gasteiger partial charge on any atom is -0.462 e. The average molecular weight is 984 g/mol. The third-order valence-electron chi connectivity index (χ3n) is 11.9. The van der Waals surface area contributed by atoms with E-state index in [1.54, 1.807) is 0 Å². The molecular formula is C65H106O6. The highest BCUT2D eigenvalue weighted by molar-refractivity contribution is 5.71. The second-order valence-corrected chi connectivity index (χ2v) is 18.8. The van der Waals surface area contributed by atoms with Gasteiger partial charge in [0, 0.05) is 19.3 Å². The summed E-state index contributed by atoms with van der Waals surface area (Å²) in [6.07, 6.45) is 80.7. The Kier molecular flexibility index (Phi) is 54.9. The Morgan fingerprint density at radius 3 is 0.944 bits per heavy atom. The molecule has 1 atom stereocenters. The van der Waals surface area contributed by atoms with Gasteiger partial charge in [-0.1, -0.05) is 239 Å². The van der Waals surface area contributed by atoms with Crippen molar-refractivity contribution in [2.75, 3.05) is 13.2 Å². The van der Waals surface area contributed by atoms with Crippen molar-refractivity contribution in [3.05, 3.63) is 122 Å². The van der Waals surface area contributed by atoms with Gasteiger partial charge in [0.25, 0.3) is 0 Å². The molecule has 6 nitrogen and oxygen atoms in total. The Hall–Kier alpha value is -4.19. The fourth-order valence-corrected chi connectivity index (χ4v) is 7.65. The van der Waals surface area contributed by atoms with Crippen LogP contribution in [0.3, 0.4) is 0 Å². The van der Waals surface area contributed by atoms with Gasteiger partial charge in [0.2, 0.25) is 0 Å². The van der Waals surface area contributed by atoms with E-state index in [2.05, 4.69) is 130 Å². The Bertz CT molecular complexity index is 1500. The van der Waals surface area contributed by atoms with E-state index in [-0.39, 0.29) is 37.5 Å². The lowest BCUT2D eigenvalue weighted by Crippen LogP contribution is -2.30. The smallest absolute Gasteiger partial charge is 0.306 e. The normalized spacial score (nSPS) is 13.0. The van der Waals surface area contributed by atoms with Crippen molar-refractivity contribution in [2.45, 2.75) is 258 Å². The van der Waals surface area contributed by atoms with Gasteiger partial charge in [-0.05, 0) is 116 Å². The summed E-state index contributed by atoms with van der Waals surface area (Å²) in [6, 6.07) is 0. The third-order valence-corrected chi connectivity index (χ3v) is 11.9. The van der Waals surface area contributed by atoms with E-state index in [1.807, 2.05) is 12.2 Å². The Morgan fingerprint density at radius 2 is 0.577 bits per heavy atom. The Balaban J connectivity index is 4.37. The quantitative estimate of drug-likeness (QED) is 0.0261. The highest BCUT2D eigenvalue weighted by Crippen LogP contribution is 2.15. The van der Waals surface area contributed by atoms with Crippen molar-refractivity contribution in [3.63, 3.8) is 0 Å². The zero-order chi connectivity index (χ0) is 51.4. The number of unbranched alkanes of at least 4 members (excludes halogenated alkanes) is 20. The van der Waals surface area contributed by atoms with Crippen molar-refractivity contribution in [1.82, 2.24) is 0 Å². The molecular weight excluding hydrogens is 877 g/mol. The van der Waals surface area contributed by atoms with Crippen LogP contribution < -0.4 is 0 Å². The maximum atomic E-state index is 12.8. The topological polar surface area (TPSA) is 78.9 Å². The molecule has 0 aliphatic heterocycles. The van der Waals surface area contributed by atoms with Gasteiger partial charge in [-0.25, -0.2) is 0 Å². The summed E-state index contributed by atoms with van der Waals surface area (Å²) in [6.45, 7) is 6.31. The van der Waals surface area contributed by atoms with Gasteiger partial charge < -0.3 is 14.2 Å². The van der Waals surface area contributed by atoms with Crippen LogP contribution in [0.1, 0.15) is 252 Å². The number of hydrogen-bond donors (Lipinski definition) is 0. The van der Waals surface area contributed by atoms with Crippen LogP contribution in [0, 0.1) is 0 Å². The van der Waals surface area contributed by atoms with Gasteiger partial charge in [-0.15, -0.1) is 0 Å². The van der Waals surface area contributed by atoms with Crippen LogP contribution in [0.2, 0.25) is 0 Å². The van der Waals surface area contributed by atoms with E-state index in [9.17, 15) is 14.4 Å². The van der Waals surface area contributed by atoms with Gasteiger partial charge in [-0.2, -0.15) is 0 Å². The molecule has 6 heteroatoms. The maximum absolute atomic E-state index is 12.8. The first-order valence-corrected chi connectivity index (χ1v) is 29.0. The number of esters is 3. The fourth-order valence-electron chi connectivity index (χ4n) is 7.65. The van der Waals surface area contributed by atoms with Crippen LogP contribution in [0.5, 0.6) is 0 Å². The van der Waals surface area contributed by atoms with Crippen molar-refractivity contribution in [1.29, 1.82) is 0 Å². The van der Waals surface area contributed by atoms with Gasteiger partial charge >= 0.3 is 17.9 Å². The van der Waals surface area contributed by atoms with E-state index in [1.165, 1.54) is 89.9 Å². The summed E-state index contributed by atoms with van der Waals surface area (Å²) in [5.41, 5.74) is 0. The van der Waals surface area contributed by atoms with E-state index in [0.717, 1.165) is 116 Å². The molecule has 0 N–H and O–H groups in total. The summed E-state index contributed by atoms with van der Waals surface area (Å²) < 4.78 is 16.8. The number of allylic oxidation sites excluding steroid dienone is 20. The van der Waals surface area contributed by atoms with Crippen molar-refractivity contribution >= 4 is 17.9 Å². The SMILES string of the molecule is CC/C=C\C/C=C\C/C=C\C/C=C\CCCCCCCCCCCCCCC(=O)OCC(COC(=O)CC/C=C\C/C=C\C/C=C\C/C=C\CC)OC(=O)CCCCCCC/C=C\C/C=C\CCCCC. The molecule has 0 aliphatic rings. The number of carbonyl (C=O) groups excluding carboxylic acids is 3. The summed E-state index contributed by atoms with van der Waals surface area (Å²) in [5, 5.41) is 0. The van der Waals surface area contributed by atoms with Crippen LogP contribution in [-0.2, 0) is 28.6 Å². The summed E-state index contributed by atoms with van der Waals surface area (Å²) in [4.78, 5) is 38.1. The van der Waals surface area contributed by atoms with Crippen LogP contribution in [-0.4, -0.2) is 37.2 Å². The second kappa shape index (κ2) is 58.4. The summed E-state index contributed by atoms with van der Waals surface area (Å²) >= 11 is 0. The van der Waals surface area contributed by atoms with Gasteiger partial charge in [0.05, 0.1) is 0 Å². The zero-order valence-corrected chi connectivity index (χ0v) is 45.9. The lowest BCUT2D eigenvalue weighted by Gasteiger charge is -2.18. The molecule has 0 bridgehead atoms. The van der Waals surface area contributed by atoms with E-state index in [0.29, 0.717) is 19.3 Å². The molecule has 0 aromatic heterocycles. The van der Waals surface area contributed by atoms with E-state index in [4.69, 9.17) is 14.2 Å². The predicted molar refractivity (Wildman–Crippen MR) is 306 cm³/mol. The molecule has 0 aliphatic carbocycles. The molecule has 0 fully saturated rings. The molecule has 0 aromatic rings. The number of rotatable bonds is 51. The summed E-state index contributed by atoms with van der Waals surface area (Å²) in [5.74, 6) is -1.01. The molecule has 0 spiro atoms. The molecule has 0 aromatic carbocycles. The van der Waals surface area contributed by atoms with Crippen LogP contribution >= 0.6 is 0 Å². The predicted octanol–water partition coefficient (Wildman–Crippen LogP) is 19.6. The van der Waals surface area contributed by atoms with Crippen molar-refractivity contribution in [3.8, 4) is 0 Å². The monoisotopic (exact) mass is 983 g/mol. The van der Waals surface area contributed by atoms with E-state index < -0.39 is 6.10 Å². The molecule has 0 saturated heterocycles. The van der Waals surface area contributed by atoms with Crippen LogP contribution in [0.25, 0.3) is 0 Å². The Labute approximate surface area is 437 Å². The van der Waals surface area contributed by atoms with Gasteiger partial charge in [-0.3, -0.25) is 14.4 Å². The average Bonchev–Trinajstić information content (AvgIpc) is 3.37. The lowest BCUT2D eigenvalue weighted by atomic mass is 10.0. The second-order valence-electron chi connectivity index (χ2n) is 18.8. The molecule has 0 amide bonds. The number of ether oxygens (including phenoxy) is 3. The van der Waals surface area contributed by atoms with Crippen molar-refractivity contribution in [2.24, 2.45) is 0 Å². The van der Waals surface area contributed by atoms with Crippen LogP contribution in [0.15, 0.2) is 122 Å². The maximum Gasteiger partial charge on any atom is 0.306 e. The lowest BCUT2D eigenvalue weighted by molar-refractivity contribution is -0.166. The molecule has 1 unspecified atom stereocenters. The van der Waals surface area contributed by atoms with E-state index >= 15 is 0 Å². The first-order chi connectivity index (χ1) is 35.0. The molecule has 0 heterocycles. The largest absolute Gasteiger partial charge is 0.462 e. The van der Waals surface area contributed by atoms with Crippen molar-refractivity contribution < 1.29 is 28.6 Å². The first kappa shape index (κ1) is 66.8. The Morgan fingerprint density at radius 1 is 0.296 bits per heavy atom. The fraction of sp³-hybridized carbons (Fsp3) is 0.646. The molecule has 71 heavy (non-hydrogen) atoms. The minimum atomic E-state index is -0.818. The molecule has 0 saturated carbocycles. The standard InChI is InChI=1S/C65H106O6/c1-4-7-10-13-16-19-22-25-27-28-29-30-31-32-33-34-35-36-38-40-43-46-49-52-55-58-64(67)70-61-62(60-69-63(66)57-54-51-48-45-42-39-24-21-18-15-12-9-6-3)71-65(68)59-56-53-50-47-44-41-37-26-23-20-17-14-11-8-5-2/h7,9-10,12,16-21,25-27,29-30,37,39,42,48,51,62H,4-6,8,11,13-15,22-24,28,31-36,38,40-41,43-47,49-50,52-61H2,1-3H3/b10-7-,12-9-,19-16-,20-17-,21-18-,27-25-,30-29-,37-26-,42-39-,51-48-. The summed E-state index contributed by atoms with van der Waals surface area (Å²) in [7, 11) is 0. The first-order valence-electron chi connectivity index (χ1n) is 29.0. The third kappa shape index (κ3) is 56.6. The molecule has 0 rings (SSSR count). The highest BCUT2D eigenvalue weighted by Gasteiger charge is 2.19.